The molecular weight excluding hydrogens is 342 g/mol. The maximum absolute atomic E-state index is 12.0. The number of hydrogen-bond donors (Lipinski definition) is 1. The molecule has 2 heterocycles. The first-order valence-electron chi connectivity index (χ1n) is 8.08. The summed E-state index contributed by atoms with van der Waals surface area (Å²) in [6, 6.07) is 5.85. The summed E-state index contributed by atoms with van der Waals surface area (Å²) >= 11 is 1.65. The number of aliphatic imine (C=N–C) groups is 1. The summed E-state index contributed by atoms with van der Waals surface area (Å²) in [5.41, 5.74) is 1.68. The normalized spacial score (nSPS) is 14.3. The van der Waals surface area contributed by atoms with Crippen molar-refractivity contribution in [1.82, 2.24) is 0 Å². The topological polar surface area (TPSA) is 80.2 Å². The van der Waals surface area contributed by atoms with E-state index in [2.05, 4.69) is 15.2 Å². The van der Waals surface area contributed by atoms with Gasteiger partial charge in [-0.1, -0.05) is 0 Å². The molecule has 2 aliphatic heterocycles. The Labute approximate surface area is 150 Å². The molecule has 8 heteroatoms. The first-order chi connectivity index (χ1) is 12.1. The van der Waals surface area contributed by atoms with Crippen molar-refractivity contribution in [3.05, 3.63) is 30.0 Å². The molecule has 7 nitrogen and oxygen atoms in total. The first-order valence-corrected chi connectivity index (χ1v) is 8.90. The van der Waals surface area contributed by atoms with Gasteiger partial charge in [-0.2, -0.15) is 0 Å². The van der Waals surface area contributed by atoms with Crippen molar-refractivity contribution < 1.29 is 19.1 Å². The van der Waals surface area contributed by atoms with Crippen molar-refractivity contribution in [2.24, 2.45) is 4.99 Å². The van der Waals surface area contributed by atoms with Gasteiger partial charge in [-0.25, -0.2) is 9.59 Å². The molecule has 0 aliphatic carbocycles. The number of esters is 2. The molecule has 2 aliphatic rings. The van der Waals surface area contributed by atoms with Crippen LogP contribution in [0.3, 0.4) is 0 Å². The summed E-state index contributed by atoms with van der Waals surface area (Å²) in [6.07, 6.45) is 1.33. The van der Waals surface area contributed by atoms with Gasteiger partial charge in [0.2, 0.25) is 0 Å². The van der Waals surface area contributed by atoms with Crippen LogP contribution >= 0.6 is 11.8 Å². The molecule has 1 N–H and O–H groups in total. The van der Waals surface area contributed by atoms with E-state index in [0.29, 0.717) is 0 Å². The zero-order valence-corrected chi connectivity index (χ0v) is 14.9. The van der Waals surface area contributed by atoms with Gasteiger partial charge >= 0.3 is 11.9 Å². The highest BCUT2D eigenvalue weighted by molar-refractivity contribution is 8.14. The highest BCUT2D eigenvalue weighted by atomic mass is 32.2. The van der Waals surface area contributed by atoms with Crippen LogP contribution in [0.25, 0.3) is 0 Å². The van der Waals surface area contributed by atoms with Crippen molar-refractivity contribution in [3.63, 3.8) is 0 Å². The molecule has 1 aromatic rings. The molecule has 0 bridgehead atoms. The molecule has 132 valence electrons. The molecule has 0 saturated carbocycles. The van der Waals surface area contributed by atoms with E-state index in [1.54, 1.807) is 25.6 Å². The summed E-state index contributed by atoms with van der Waals surface area (Å²) in [5.74, 6) is -1.42. The Kier molecular flexibility index (Phi) is 5.28. The fraction of sp³-hybridized carbons (Fsp3) is 0.353. The predicted molar refractivity (Wildman–Crippen MR) is 96.9 cm³/mol. The number of amidine groups is 1. The van der Waals surface area contributed by atoms with E-state index in [1.165, 1.54) is 6.20 Å². The summed E-state index contributed by atoms with van der Waals surface area (Å²) in [4.78, 5) is 31.7. The van der Waals surface area contributed by atoms with Gasteiger partial charge < -0.3 is 19.7 Å². The van der Waals surface area contributed by atoms with Gasteiger partial charge in [0.05, 0.1) is 25.4 Å². The Morgan fingerprint density at radius 2 is 2.00 bits per heavy atom. The van der Waals surface area contributed by atoms with Gasteiger partial charge in [-0.05, 0) is 43.8 Å². The number of nitrogens with zero attached hydrogens (tertiary/aromatic N) is 2. The minimum absolute atomic E-state index is 0.165. The number of hydrogen-bond acceptors (Lipinski definition) is 8. The lowest BCUT2D eigenvalue weighted by atomic mass is 10.2. The van der Waals surface area contributed by atoms with Gasteiger partial charge in [0.15, 0.2) is 10.7 Å². The van der Waals surface area contributed by atoms with Crippen LogP contribution in [0.2, 0.25) is 0 Å². The number of benzene rings is 1. The maximum Gasteiger partial charge on any atom is 0.347 e. The van der Waals surface area contributed by atoms with Crippen LogP contribution in [0.1, 0.15) is 13.8 Å². The SMILES string of the molecule is CCOC(=O)C(=CNc1ccc2c(c1)N1CCN=C1S2)C(=O)OCC. The summed E-state index contributed by atoms with van der Waals surface area (Å²) in [6.45, 7) is 5.40. The monoisotopic (exact) mass is 361 g/mol. The smallest absolute Gasteiger partial charge is 0.347 e. The van der Waals surface area contributed by atoms with Gasteiger partial charge in [-0.3, -0.25) is 4.99 Å². The number of carbonyl (C=O) groups is 2. The van der Waals surface area contributed by atoms with Gasteiger partial charge in [-0.15, -0.1) is 0 Å². The van der Waals surface area contributed by atoms with Crippen LogP contribution in [0, 0.1) is 0 Å². The lowest BCUT2D eigenvalue weighted by Crippen LogP contribution is -2.21. The number of ether oxygens (including phenoxy) is 2. The van der Waals surface area contributed by atoms with E-state index in [9.17, 15) is 9.59 Å². The third-order valence-corrected chi connectivity index (χ3v) is 4.72. The van der Waals surface area contributed by atoms with Crippen LogP contribution in [-0.2, 0) is 19.1 Å². The van der Waals surface area contributed by atoms with Crippen molar-refractivity contribution in [3.8, 4) is 0 Å². The van der Waals surface area contributed by atoms with Gasteiger partial charge in [0.1, 0.15) is 0 Å². The molecule has 0 amide bonds. The Bertz CT molecular complexity index is 740. The lowest BCUT2D eigenvalue weighted by molar-refractivity contribution is -0.146. The Morgan fingerprint density at radius 1 is 1.28 bits per heavy atom. The third kappa shape index (κ3) is 3.63. The maximum atomic E-state index is 12.0. The number of nitrogens with one attached hydrogen (secondary N) is 1. The van der Waals surface area contributed by atoms with E-state index in [1.807, 2.05) is 18.2 Å². The average molecular weight is 361 g/mol. The number of thioether (sulfide) groups is 1. The highest BCUT2D eigenvalue weighted by Crippen LogP contribution is 2.43. The molecule has 0 radical (unpaired) electrons. The zero-order chi connectivity index (χ0) is 17.8. The number of fused-ring (bicyclic) bond motifs is 3. The van der Waals surface area contributed by atoms with Crippen LogP contribution < -0.4 is 10.2 Å². The summed E-state index contributed by atoms with van der Waals surface area (Å²) in [5, 5.41) is 4.01. The fourth-order valence-corrected chi connectivity index (χ4v) is 3.58. The van der Waals surface area contributed by atoms with Gasteiger partial charge in [0, 0.05) is 23.3 Å². The first kappa shape index (κ1) is 17.3. The molecule has 0 spiro atoms. The second-order valence-corrected chi connectivity index (χ2v) is 6.25. The van der Waals surface area contributed by atoms with Crippen LogP contribution in [0.4, 0.5) is 11.4 Å². The highest BCUT2D eigenvalue weighted by Gasteiger charge is 2.29. The largest absolute Gasteiger partial charge is 0.462 e. The lowest BCUT2D eigenvalue weighted by Gasteiger charge is -2.13. The van der Waals surface area contributed by atoms with Crippen molar-refractivity contribution in [2.45, 2.75) is 18.7 Å². The Morgan fingerprint density at radius 3 is 2.68 bits per heavy atom. The van der Waals surface area contributed by atoms with Crippen molar-refractivity contribution >= 4 is 40.2 Å². The molecule has 1 aromatic carbocycles. The van der Waals surface area contributed by atoms with E-state index in [4.69, 9.17) is 9.47 Å². The second-order valence-electron chi connectivity index (χ2n) is 5.24. The average Bonchev–Trinajstić information content (AvgIpc) is 3.16. The molecule has 25 heavy (non-hydrogen) atoms. The molecule has 0 aromatic heterocycles. The fourth-order valence-electron chi connectivity index (χ4n) is 2.51. The summed E-state index contributed by atoms with van der Waals surface area (Å²) < 4.78 is 9.83. The number of anilines is 2. The van der Waals surface area contributed by atoms with Crippen molar-refractivity contribution in [2.75, 3.05) is 36.5 Å². The molecular formula is C17H19N3O4S. The second kappa shape index (κ2) is 7.60. The number of rotatable bonds is 6. The summed E-state index contributed by atoms with van der Waals surface area (Å²) in [7, 11) is 0. The minimum atomic E-state index is -0.709. The third-order valence-electron chi connectivity index (χ3n) is 3.63. The number of carbonyl (C=O) groups excluding carboxylic acids is 2. The molecule has 0 saturated heterocycles. The van der Waals surface area contributed by atoms with Crippen LogP contribution in [0.15, 0.2) is 39.9 Å². The van der Waals surface area contributed by atoms with E-state index >= 15 is 0 Å². The van der Waals surface area contributed by atoms with Crippen molar-refractivity contribution in [1.29, 1.82) is 0 Å². The Balaban J connectivity index is 1.79. The molecule has 3 rings (SSSR count). The Hall–Kier alpha value is -2.48. The standard InChI is InChI=1S/C17H19N3O4S/c1-3-23-15(21)12(16(22)24-4-2)10-19-11-5-6-14-13(9-11)20-8-7-18-17(20)25-14/h5-6,9-10,19H,3-4,7-8H2,1-2H3. The van der Waals surface area contributed by atoms with Crippen LogP contribution in [-0.4, -0.2) is 43.4 Å². The molecule has 0 fully saturated rings. The van der Waals surface area contributed by atoms with E-state index in [0.717, 1.165) is 34.5 Å². The van der Waals surface area contributed by atoms with Crippen LogP contribution in [0.5, 0.6) is 0 Å². The quantitative estimate of drug-likeness (QED) is 0.361. The van der Waals surface area contributed by atoms with Gasteiger partial charge in [0.25, 0.3) is 0 Å². The van der Waals surface area contributed by atoms with E-state index < -0.39 is 11.9 Å². The zero-order valence-electron chi connectivity index (χ0n) is 14.1. The van der Waals surface area contributed by atoms with E-state index in [-0.39, 0.29) is 18.8 Å². The molecule has 0 atom stereocenters. The predicted octanol–water partition coefficient (Wildman–Crippen LogP) is 2.39. The molecule has 0 unspecified atom stereocenters. The minimum Gasteiger partial charge on any atom is -0.462 e.